The van der Waals surface area contributed by atoms with Crippen molar-refractivity contribution in [2.24, 2.45) is 5.73 Å². The fraction of sp³-hybridized carbons (Fsp3) is 0.667. The van der Waals surface area contributed by atoms with E-state index in [4.69, 9.17) is 26.8 Å². The Hall–Kier alpha value is -0.780. The monoisotopic (exact) mass is 159 g/mol. The van der Waals surface area contributed by atoms with Gasteiger partial charge >= 0.3 is 0 Å². The van der Waals surface area contributed by atoms with Crippen LogP contribution in [0.3, 0.4) is 0 Å². The zero-order chi connectivity index (χ0) is 9.02. The van der Waals surface area contributed by atoms with Crippen molar-refractivity contribution < 1.29 is 10.2 Å². The van der Waals surface area contributed by atoms with Gasteiger partial charge in [-0.05, 0) is 6.92 Å². The van der Waals surface area contributed by atoms with Gasteiger partial charge in [-0.25, -0.2) is 0 Å². The normalized spacial score (nSPS) is 15.6. The fourth-order valence-corrected chi connectivity index (χ4v) is 0.546. The quantitative estimate of drug-likeness (QED) is 0.329. The van der Waals surface area contributed by atoms with Crippen LogP contribution in [0, 0.1) is 10.8 Å². The molecule has 11 heavy (non-hydrogen) atoms. The maximum atomic E-state index is 8.85. The van der Waals surface area contributed by atoms with Crippen LogP contribution in [-0.4, -0.2) is 40.4 Å². The molecule has 0 aliphatic heterocycles. The highest BCUT2D eigenvalue weighted by Gasteiger charge is 2.17. The molecule has 2 unspecified atom stereocenters. The number of aliphatic hydroxyl groups is 2. The highest BCUT2D eigenvalue weighted by atomic mass is 16.3. The molecule has 0 rings (SSSR count). The van der Waals surface area contributed by atoms with Crippen LogP contribution in [0.5, 0.6) is 0 Å². The Kier molecular flexibility index (Phi) is 3.88. The molecule has 64 valence electrons. The summed E-state index contributed by atoms with van der Waals surface area (Å²) in [5.41, 5.74) is 5.00. The molecule has 0 bridgehead atoms. The summed E-state index contributed by atoms with van der Waals surface area (Å²) in [5, 5.41) is 31.5. The zero-order valence-electron chi connectivity index (χ0n) is 6.33. The zero-order valence-corrected chi connectivity index (χ0v) is 6.33. The second kappa shape index (κ2) is 4.17. The second-order valence-electron chi connectivity index (χ2n) is 2.29. The first-order valence-electron chi connectivity index (χ1n) is 3.20. The van der Waals surface area contributed by atoms with Gasteiger partial charge in [0.15, 0.2) is 0 Å². The van der Waals surface area contributed by atoms with Crippen molar-refractivity contribution in [2.45, 2.75) is 19.1 Å². The van der Waals surface area contributed by atoms with E-state index < -0.39 is 18.8 Å². The van der Waals surface area contributed by atoms with Crippen molar-refractivity contribution in [1.29, 1.82) is 10.8 Å². The molecule has 0 aromatic rings. The number of nitrogens with one attached hydrogen (secondary N) is 2. The largest absolute Gasteiger partial charge is 0.390 e. The van der Waals surface area contributed by atoms with Gasteiger partial charge in [-0.3, -0.25) is 0 Å². The molecule has 0 radical (unpaired) electrons. The van der Waals surface area contributed by atoms with Gasteiger partial charge in [0.25, 0.3) is 0 Å². The predicted molar refractivity (Wildman–Crippen MR) is 42.2 cm³/mol. The number of hydrogen-bond donors (Lipinski definition) is 5. The van der Waals surface area contributed by atoms with Gasteiger partial charge < -0.3 is 26.8 Å². The summed E-state index contributed by atoms with van der Waals surface area (Å²) in [4.78, 5) is 0. The highest BCUT2D eigenvalue weighted by Crippen LogP contribution is 1.91. The summed E-state index contributed by atoms with van der Waals surface area (Å²) in [7, 11) is 0. The molecule has 0 aromatic heterocycles. The van der Waals surface area contributed by atoms with Crippen LogP contribution >= 0.6 is 0 Å². The van der Waals surface area contributed by atoms with Crippen LogP contribution in [0.15, 0.2) is 0 Å². The number of rotatable bonds is 4. The minimum Gasteiger partial charge on any atom is -0.390 e. The Balaban J connectivity index is 4.13. The van der Waals surface area contributed by atoms with Crippen LogP contribution in [0.4, 0.5) is 0 Å². The maximum absolute atomic E-state index is 8.85. The van der Waals surface area contributed by atoms with E-state index in [-0.39, 0.29) is 11.4 Å². The van der Waals surface area contributed by atoms with E-state index in [1.807, 2.05) is 0 Å². The number of hydrogen-bond acceptors (Lipinski definition) is 5. The third-order valence-corrected chi connectivity index (χ3v) is 1.33. The van der Waals surface area contributed by atoms with E-state index in [0.717, 1.165) is 0 Å². The topological polar surface area (TPSA) is 114 Å². The Morgan fingerprint density at radius 2 is 2.00 bits per heavy atom. The first-order chi connectivity index (χ1) is 5.00. The van der Waals surface area contributed by atoms with E-state index in [9.17, 15) is 0 Å². The van der Waals surface area contributed by atoms with E-state index in [1.165, 1.54) is 6.92 Å². The van der Waals surface area contributed by atoms with Crippen LogP contribution in [-0.2, 0) is 0 Å². The average Bonchev–Trinajstić information content (AvgIpc) is 2.00. The molecule has 0 aliphatic carbocycles. The minimum atomic E-state index is -0.961. The summed E-state index contributed by atoms with van der Waals surface area (Å²) >= 11 is 0. The first-order valence-corrected chi connectivity index (χ1v) is 3.20. The van der Waals surface area contributed by atoms with Gasteiger partial charge in [-0.1, -0.05) is 0 Å². The van der Waals surface area contributed by atoms with Gasteiger partial charge in [0.2, 0.25) is 0 Å². The Morgan fingerprint density at radius 3 is 2.27 bits per heavy atom. The lowest BCUT2D eigenvalue weighted by Gasteiger charge is -2.14. The summed E-state index contributed by atoms with van der Waals surface area (Å²) in [6, 6.07) is -0.958. The van der Waals surface area contributed by atoms with E-state index in [1.54, 1.807) is 0 Å². The molecule has 0 heterocycles. The molecule has 2 atom stereocenters. The maximum Gasteiger partial charge on any atom is 0.0905 e. The summed E-state index contributed by atoms with van der Waals surface area (Å²) < 4.78 is 0. The van der Waals surface area contributed by atoms with Crippen molar-refractivity contribution in [2.75, 3.05) is 6.61 Å². The van der Waals surface area contributed by atoms with Gasteiger partial charge in [-0.2, -0.15) is 0 Å². The highest BCUT2D eigenvalue weighted by molar-refractivity contribution is 6.10. The molecule has 0 aromatic carbocycles. The lowest BCUT2D eigenvalue weighted by Crippen LogP contribution is -2.44. The molecule has 5 nitrogen and oxygen atoms in total. The van der Waals surface area contributed by atoms with Gasteiger partial charge in [0.05, 0.1) is 30.2 Å². The average molecular weight is 159 g/mol. The fourth-order valence-electron chi connectivity index (χ4n) is 0.546. The summed E-state index contributed by atoms with van der Waals surface area (Å²) in [6.45, 7) is 0.920. The smallest absolute Gasteiger partial charge is 0.0905 e. The van der Waals surface area contributed by atoms with Crippen molar-refractivity contribution in [3.05, 3.63) is 0 Å². The Labute approximate surface area is 64.9 Å². The van der Waals surface area contributed by atoms with Crippen molar-refractivity contribution >= 4 is 11.4 Å². The van der Waals surface area contributed by atoms with E-state index in [0.29, 0.717) is 0 Å². The SMILES string of the molecule is CC(O)C(=N)C(N)C(=N)CO. The van der Waals surface area contributed by atoms with Crippen LogP contribution in [0.2, 0.25) is 0 Å². The van der Waals surface area contributed by atoms with Crippen LogP contribution < -0.4 is 5.73 Å². The van der Waals surface area contributed by atoms with Crippen LogP contribution in [0.1, 0.15) is 6.92 Å². The molecule has 0 spiro atoms. The third-order valence-electron chi connectivity index (χ3n) is 1.33. The molecule has 5 heteroatoms. The van der Waals surface area contributed by atoms with Crippen molar-refractivity contribution in [3.63, 3.8) is 0 Å². The molecular weight excluding hydrogens is 146 g/mol. The molecule has 0 aliphatic rings. The van der Waals surface area contributed by atoms with E-state index >= 15 is 0 Å². The third kappa shape index (κ3) is 2.75. The molecule has 0 amide bonds. The van der Waals surface area contributed by atoms with Gasteiger partial charge in [-0.15, -0.1) is 0 Å². The molecular formula is C6H13N3O2. The molecule has 0 saturated heterocycles. The van der Waals surface area contributed by atoms with Crippen molar-refractivity contribution in [1.82, 2.24) is 0 Å². The molecule has 0 saturated carbocycles. The Bertz CT molecular complexity index is 167. The number of aliphatic hydroxyl groups excluding tert-OH is 2. The van der Waals surface area contributed by atoms with Gasteiger partial charge in [0.1, 0.15) is 0 Å². The van der Waals surface area contributed by atoms with Crippen molar-refractivity contribution in [3.8, 4) is 0 Å². The number of nitrogens with two attached hydrogens (primary N) is 1. The molecule has 6 N–H and O–H groups in total. The molecule has 0 fully saturated rings. The van der Waals surface area contributed by atoms with Crippen LogP contribution in [0.25, 0.3) is 0 Å². The lowest BCUT2D eigenvalue weighted by molar-refractivity contribution is 0.258. The second-order valence-corrected chi connectivity index (χ2v) is 2.29. The predicted octanol–water partition coefficient (Wildman–Crippen LogP) is -1.27. The minimum absolute atomic E-state index is 0.149. The lowest BCUT2D eigenvalue weighted by atomic mass is 10.0. The first kappa shape index (κ1) is 10.2. The summed E-state index contributed by atoms with van der Waals surface area (Å²) in [5.74, 6) is 0. The van der Waals surface area contributed by atoms with E-state index in [2.05, 4.69) is 0 Å². The standard InChI is InChI=1S/C6H13N3O2/c1-3(11)5(8)6(9)4(7)2-10/h3,6-8,10-11H,2,9H2,1H3. The Morgan fingerprint density at radius 1 is 1.55 bits per heavy atom. The summed E-state index contributed by atoms with van der Waals surface area (Å²) in [6.07, 6.45) is -0.961. The van der Waals surface area contributed by atoms with Gasteiger partial charge in [0, 0.05) is 0 Å².